The smallest absolute Gasteiger partial charge is 0.238 e. The summed E-state index contributed by atoms with van der Waals surface area (Å²) in [7, 11) is 0. The van der Waals surface area contributed by atoms with Crippen LogP contribution in [0.4, 0.5) is 5.69 Å². The largest absolute Gasteiger partial charge is 0.324 e. The van der Waals surface area contributed by atoms with Gasteiger partial charge in [-0.25, -0.2) is 0 Å². The molecule has 1 heterocycles. The molecule has 1 aliphatic rings. The van der Waals surface area contributed by atoms with Crippen molar-refractivity contribution in [2.45, 2.75) is 33.2 Å². The van der Waals surface area contributed by atoms with Crippen molar-refractivity contribution in [3.05, 3.63) is 64.2 Å². The number of para-hydroxylation sites is 1. The van der Waals surface area contributed by atoms with Crippen molar-refractivity contribution in [2.24, 2.45) is 0 Å². The molecule has 5 heteroatoms. The summed E-state index contributed by atoms with van der Waals surface area (Å²) in [6, 6.07) is 14.3. The van der Waals surface area contributed by atoms with Gasteiger partial charge in [0.25, 0.3) is 0 Å². The SMILES string of the molecule is CCc1cccc(CC)c1NC(=O)CN1CCN(Cc2ccccc2Cl)CC1. The molecule has 0 atom stereocenters. The molecule has 2 aromatic rings. The predicted molar refractivity (Wildman–Crippen MR) is 117 cm³/mol. The number of aryl methyl sites for hydroxylation is 2. The molecule has 2 aromatic carbocycles. The van der Waals surface area contributed by atoms with E-state index in [2.05, 4.69) is 53.2 Å². The number of benzene rings is 2. The normalized spacial score (nSPS) is 15.5. The predicted octanol–water partition coefficient (Wildman–Crippen LogP) is 4.22. The number of anilines is 1. The Morgan fingerprint density at radius 1 is 0.893 bits per heavy atom. The quantitative estimate of drug-likeness (QED) is 0.757. The second-order valence-corrected chi connectivity index (χ2v) is 7.76. The van der Waals surface area contributed by atoms with Crippen LogP contribution in [-0.4, -0.2) is 48.4 Å². The third kappa shape index (κ3) is 5.34. The van der Waals surface area contributed by atoms with Gasteiger partial charge in [-0.3, -0.25) is 14.6 Å². The summed E-state index contributed by atoms with van der Waals surface area (Å²) in [4.78, 5) is 17.3. The minimum absolute atomic E-state index is 0.0788. The van der Waals surface area contributed by atoms with Crippen molar-refractivity contribution in [3.63, 3.8) is 0 Å². The number of halogens is 1. The Bertz CT molecular complexity index is 778. The van der Waals surface area contributed by atoms with Gasteiger partial charge in [0.2, 0.25) is 5.91 Å². The topological polar surface area (TPSA) is 35.6 Å². The molecule has 4 nitrogen and oxygen atoms in total. The van der Waals surface area contributed by atoms with E-state index in [1.54, 1.807) is 0 Å². The highest BCUT2D eigenvalue weighted by Gasteiger charge is 2.20. The van der Waals surface area contributed by atoms with Gasteiger partial charge in [-0.15, -0.1) is 0 Å². The average Bonchev–Trinajstić information content (AvgIpc) is 2.71. The van der Waals surface area contributed by atoms with Gasteiger partial charge >= 0.3 is 0 Å². The van der Waals surface area contributed by atoms with Gasteiger partial charge in [0.05, 0.1) is 6.54 Å². The molecular weight excluding hydrogens is 370 g/mol. The van der Waals surface area contributed by atoms with E-state index in [1.165, 1.54) is 16.7 Å². The first-order valence-electron chi connectivity index (χ1n) is 10.2. The lowest BCUT2D eigenvalue weighted by Crippen LogP contribution is -2.48. The highest BCUT2D eigenvalue weighted by Crippen LogP contribution is 2.23. The molecule has 0 radical (unpaired) electrons. The number of nitrogens with zero attached hydrogens (tertiary/aromatic N) is 2. The second-order valence-electron chi connectivity index (χ2n) is 7.35. The van der Waals surface area contributed by atoms with E-state index in [0.29, 0.717) is 6.54 Å². The van der Waals surface area contributed by atoms with Crippen molar-refractivity contribution in [3.8, 4) is 0 Å². The Kier molecular flexibility index (Phi) is 7.49. The molecule has 0 bridgehead atoms. The standard InChI is InChI=1S/C23H30ClN3O/c1-3-18-9-7-10-19(4-2)23(18)25-22(28)17-27-14-12-26(13-15-27)16-20-8-5-6-11-21(20)24/h5-11H,3-4,12-17H2,1-2H3,(H,25,28). The minimum Gasteiger partial charge on any atom is -0.324 e. The first-order chi connectivity index (χ1) is 13.6. The Hall–Kier alpha value is -1.88. The van der Waals surface area contributed by atoms with E-state index in [1.807, 2.05) is 18.2 Å². The molecule has 150 valence electrons. The van der Waals surface area contributed by atoms with Gasteiger partial charge in [0.15, 0.2) is 0 Å². The number of nitrogens with one attached hydrogen (secondary N) is 1. The summed E-state index contributed by atoms with van der Waals surface area (Å²) in [5, 5.41) is 4.00. The highest BCUT2D eigenvalue weighted by atomic mass is 35.5. The highest BCUT2D eigenvalue weighted by molar-refractivity contribution is 6.31. The third-order valence-electron chi connectivity index (χ3n) is 5.45. The Labute approximate surface area is 173 Å². The summed E-state index contributed by atoms with van der Waals surface area (Å²) < 4.78 is 0. The van der Waals surface area contributed by atoms with Gasteiger partial charge in [-0.2, -0.15) is 0 Å². The molecule has 0 aromatic heterocycles. The van der Waals surface area contributed by atoms with Crippen LogP contribution in [0.2, 0.25) is 5.02 Å². The van der Waals surface area contributed by atoms with Crippen molar-refractivity contribution >= 4 is 23.2 Å². The van der Waals surface area contributed by atoms with Crippen LogP contribution in [0.5, 0.6) is 0 Å². The molecule has 1 amide bonds. The first kappa shape index (κ1) is 20.8. The van der Waals surface area contributed by atoms with E-state index < -0.39 is 0 Å². The fourth-order valence-corrected chi connectivity index (χ4v) is 3.95. The molecule has 0 aliphatic carbocycles. The molecule has 1 N–H and O–H groups in total. The van der Waals surface area contributed by atoms with Gasteiger partial charge in [-0.05, 0) is 35.6 Å². The van der Waals surface area contributed by atoms with Crippen molar-refractivity contribution in [1.82, 2.24) is 9.80 Å². The molecule has 1 aliphatic heterocycles. The lowest BCUT2D eigenvalue weighted by molar-refractivity contribution is -0.117. The van der Waals surface area contributed by atoms with E-state index in [9.17, 15) is 4.79 Å². The van der Waals surface area contributed by atoms with E-state index in [-0.39, 0.29) is 5.91 Å². The van der Waals surface area contributed by atoms with Crippen LogP contribution in [0, 0.1) is 0 Å². The minimum atomic E-state index is 0.0788. The van der Waals surface area contributed by atoms with Crippen LogP contribution < -0.4 is 5.32 Å². The average molecular weight is 400 g/mol. The Morgan fingerprint density at radius 2 is 1.46 bits per heavy atom. The number of hydrogen-bond donors (Lipinski definition) is 1. The summed E-state index contributed by atoms with van der Waals surface area (Å²) in [5.41, 5.74) is 4.59. The zero-order chi connectivity index (χ0) is 19.9. The number of amides is 1. The molecule has 28 heavy (non-hydrogen) atoms. The molecule has 1 fully saturated rings. The molecule has 0 unspecified atom stereocenters. The number of carbonyl (C=O) groups excluding carboxylic acids is 1. The first-order valence-corrected chi connectivity index (χ1v) is 10.6. The van der Waals surface area contributed by atoms with Gasteiger partial charge < -0.3 is 5.32 Å². The summed E-state index contributed by atoms with van der Waals surface area (Å²) in [5.74, 6) is 0.0788. The van der Waals surface area contributed by atoms with Crippen LogP contribution >= 0.6 is 11.6 Å². The van der Waals surface area contributed by atoms with E-state index in [0.717, 1.165) is 56.3 Å². The van der Waals surface area contributed by atoms with Crippen LogP contribution in [0.25, 0.3) is 0 Å². The monoisotopic (exact) mass is 399 g/mol. The number of hydrogen-bond acceptors (Lipinski definition) is 3. The third-order valence-corrected chi connectivity index (χ3v) is 5.82. The lowest BCUT2D eigenvalue weighted by atomic mass is 10.0. The zero-order valence-electron chi connectivity index (χ0n) is 16.9. The number of carbonyl (C=O) groups is 1. The van der Waals surface area contributed by atoms with E-state index >= 15 is 0 Å². The van der Waals surface area contributed by atoms with Crippen molar-refractivity contribution in [2.75, 3.05) is 38.0 Å². The van der Waals surface area contributed by atoms with E-state index in [4.69, 9.17) is 11.6 Å². The van der Waals surface area contributed by atoms with Crippen molar-refractivity contribution < 1.29 is 4.79 Å². The van der Waals surface area contributed by atoms with Crippen LogP contribution in [-0.2, 0) is 24.2 Å². The maximum absolute atomic E-state index is 12.7. The van der Waals surface area contributed by atoms with Gasteiger partial charge in [-0.1, -0.05) is 61.8 Å². The lowest BCUT2D eigenvalue weighted by Gasteiger charge is -2.34. The maximum atomic E-state index is 12.7. The number of piperazine rings is 1. The fourth-order valence-electron chi connectivity index (χ4n) is 3.76. The Morgan fingerprint density at radius 3 is 2.07 bits per heavy atom. The van der Waals surface area contributed by atoms with Crippen LogP contribution in [0.3, 0.4) is 0 Å². The molecule has 3 rings (SSSR count). The Balaban J connectivity index is 1.51. The molecule has 0 saturated carbocycles. The summed E-state index contributed by atoms with van der Waals surface area (Å²) in [6.45, 7) is 9.26. The van der Waals surface area contributed by atoms with Gasteiger partial charge in [0.1, 0.15) is 0 Å². The summed E-state index contributed by atoms with van der Waals surface area (Å²) >= 11 is 6.28. The molecular formula is C23H30ClN3O. The fraction of sp³-hybridized carbons (Fsp3) is 0.435. The molecule has 1 saturated heterocycles. The maximum Gasteiger partial charge on any atom is 0.238 e. The summed E-state index contributed by atoms with van der Waals surface area (Å²) in [6.07, 6.45) is 1.84. The van der Waals surface area contributed by atoms with Crippen molar-refractivity contribution in [1.29, 1.82) is 0 Å². The van der Waals surface area contributed by atoms with Gasteiger partial charge in [0, 0.05) is 43.4 Å². The number of rotatable bonds is 7. The zero-order valence-corrected chi connectivity index (χ0v) is 17.6. The van der Waals surface area contributed by atoms with Crippen LogP contribution in [0.15, 0.2) is 42.5 Å². The molecule has 0 spiro atoms. The van der Waals surface area contributed by atoms with Crippen LogP contribution in [0.1, 0.15) is 30.5 Å². The second kappa shape index (κ2) is 10.1.